The van der Waals surface area contributed by atoms with Crippen molar-refractivity contribution in [3.8, 4) is 11.6 Å². The first kappa shape index (κ1) is 18.6. The fourth-order valence-electron chi connectivity index (χ4n) is 2.29. The topological polar surface area (TPSA) is 99.5 Å². The fraction of sp³-hybridized carbons (Fsp3) is 0. The predicted molar refractivity (Wildman–Crippen MR) is 105 cm³/mol. The van der Waals surface area contributed by atoms with Crippen molar-refractivity contribution in [3.05, 3.63) is 85.9 Å². The molecule has 1 heterocycles. The Labute approximate surface area is 163 Å². The molecule has 1 aromatic heterocycles. The van der Waals surface area contributed by atoms with Gasteiger partial charge in [0.1, 0.15) is 5.56 Å². The molecule has 3 aromatic rings. The molecular weight excluding hydrogens is 388 g/mol. The fourth-order valence-corrected chi connectivity index (χ4v) is 2.70. The van der Waals surface area contributed by atoms with Gasteiger partial charge in [0.25, 0.3) is 11.5 Å². The zero-order valence-electron chi connectivity index (χ0n) is 13.7. The van der Waals surface area contributed by atoms with Crippen molar-refractivity contribution in [3.63, 3.8) is 0 Å². The molecule has 0 aliphatic carbocycles. The van der Waals surface area contributed by atoms with Crippen LogP contribution in [0.15, 0.2) is 64.5 Å². The molecule has 0 saturated carbocycles. The molecular formula is C18H13ClN4O3S. The lowest BCUT2D eigenvalue weighted by atomic mass is 10.2. The van der Waals surface area contributed by atoms with E-state index in [1.165, 1.54) is 4.57 Å². The molecule has 0 unspecified atom stereocenters. The molecule has 136 valence electrons. The van der Waals surface area contributed by atoms with Crippen LogP contribution in [0.1, 0.15) is 15.9 Å². The number of aromatic hydroxyl groups is 1. The predicted octanol–water partition coefficient (Wildman–Crippen LogP) is 3.02. The molecule has 7 nitrogen and oxygen atoms in total. The van der Waals surface area contributed by atoms with Crippen molar-refractivity contribution in [2.24, 2.45) is 5.10 Å². The smallest absolute Gasteiger partial charge is 0.271 e. The highest BCUT2D eigenvalue weighted by molar-refractivity contribution is 7.71. The Morgan fingerprint density at radius 2 is 1.85 bits per heavy atom. The average molecular weight is 401 g/mol. The van der Waals surface area contributed by atoms with Crippen LogP contribution in [0.2, 0.25) is 5.02 Å². The number of halogens is 1. The molecule has 3 N–H and O–H groups in total. The number of aromatic amines is 1. The van der Waals surface area contributed by atoms with Gasteiger partial charge in [-0.25, -0.2) is 5.43 Å². The van der Waals surface area contributed by atoms with Crippen molar-refractivity contribution in [1.29, 1.82) is 0 Å². The number of carbonyl (C=O) groups excluding carboxylic acids is 1. The molecule has 0 bridgehead atoms. The number of hydrogen-bond donors (Lipinski definition) is 3. The van der Waals surface area contributed by atoms with E-state index in [-0.39, 0.29) is 10.3 Å². The monoisotopic (exact) mass is 400 g/mol. The first-order valence-electron chi connectivity index (χ1n) is 7.70. The maximum absolute atomic E-state index is 12.1. The molecule has 0 radical (unpaired) electrons. The Balaban J connectivity index is 1.93. The first-order valence-corrected chi connectivity index (χ1v) is 8.48. The van der Waals surface area contributed by atoms with Gasteiger partial charge in [-0.2, -0.15) is 5.10 Å². The summed E-state index contributed by atoms with van der Waals surface area (Å²) in [6.07, 6.45) is 1.05. The van der Waals surface area contributed by atoms with Gasteiger partial charge in [-0.3, -0.25) is 19.1 Å². The molecule has 0 atom stereocenters. The lowest BCUT2D eigenvalue weighted by molar-refractivity contribution is 0.0955. The SMILES string of the molecule is O=C(N/N=C/c1c(O)n(-c2ccc(Cl)cc2)c(=S)[nH]c1=O)c1ccccc1. The summed E-state index contributed by atoms with van der Waals surface area (Å²) in [6.45, 7) is 0. The standard InChI is InChI=1S/C18H13ClN4O3S/c19-12-6-8-13(9-7-12)23-17(26)14(16(25)21-18(23)27)10-20-22-15(24)11-4-2-1-3-5-11/h1-10,26H,(H,22,24)(H,21,25,27)/b20-10+. The minimum atomic E-state index is -0.638. The van der Waals surface area contributed by atoms with Gasteiger partial charge in [0.05, 0.1) is 11.9 Å². The summed E-state index contributed by atoms with van der Waals surface area (Å²) < 4.78 is 1.26. The lowest BCUT2D eigenvalue weighted by Crippen LogP contribution is -2.21. The van der Waals surface area contributed by atoms with Gasteiger partial charge in [0.2, 0.25) is 5.88 Å². The van der Waals surface area contributed by atoms with Crippen molar-refractivity contribution >= 4 is 35.9 Å². The van der Waals surface area contributed by atoms with Crippen LogP contribution in [-0.2, 0) is 0 Å². The number of nitrogens with one attached hydrogen (secondary N) is 2. The molecule has 0 aliphatic heterocycles. The Morgan fingerprint density at radius 3 is 2.52 bits per heavy atom. The second-order valence-electron chi connectivity index (χ2n) is 5.37. The number of H-pyrrole nitrogens is 1. The number of hydrazone groups is 1. The highest BCUT2D eigenvalue weighted by Gasteiger charge is 2.13. The van der Waals surface area contributed by atoms with Gasteiger partial charge >= 0.3 is 0 Å². The number of hydrogen-bond acceptors (Lipinski definition) is 5. The van der Waals surface area contributed by atoms with Gasteiger partial charge < -0.3 is 5.11 Å². The summed E-state index contributed by atoms with van der Waals surface area (Å²) in [7, 11) is 0. The van der Waals surface area contributed by atoms with E-state index >= 15 is 0 Å². The molecule has 0 fully saturated rings. The van der Waals surface area contributed by atoms with E-state index in [4.69, 9.17) is 23.8 Å². The molecule has 0 spiro atoms. The molecule has 0 aliphatic rings. The maximum Gasteiger partial charge on any atom is 0.271 e. The van der Waals surface area contributed by atoms with Crippen LogP contribution in [-0.4, -0.2) is 26.8 Å². The highest BCUT2D eigenvalue weighted by atomic mass is 35.5. The minimum absolute atomic E-state index is 0.00490. The summed E-state index contributed by atoms with van der Waals surface area (Å²) in [4.78, 5) is 26.6. The summed E-state index contributed by atoms with van der Waals surface area (Å²) in [6, 6.07) is 15.0. The van der Waals surface area contributed by atoms with Gasteiger partial charge in [-0.15, -0.1) is 0 Å². The number of nitrogens with zero attached hydrogens (tertiary/aromatic N) is 2. The van der Waals surface area contributed by atoms with Crippen molar-refractivity contribution < 1.29 is 9.90 Å². The van der Waals surface area contributed by atoms with E-state index in [1.54, 1.807) is 54.6 Å². The third kappa shape index (κ3) is 4.13. The molecule has 3 rings (SSSR count). The van der Waals surface area contributed by atoms with Crippen molar-refractivity contribution in [2.45, 2.75) is 0 Å². The zero-order valence-corrected chi connectivity index (χ0v) is 15.3. The van der Waals surface area contributed by atoms with Gasteiger partial charge in [-0.05, 0) is 48.6 Å². The number of aromatic nitrogens is 2. The second kappa shape index (κ2) is 7.98. The van der Waals surface area contributed by atoms with E-state index in [0.29, 0.717) is 16.3 Å². The molecule has 1 amide bonds. The van der Waals surface area contributed by atoms with Crippen LogP contribution in [0.5, 0.6) is 5.88 Å². The molecule has 0 saturated heterocycles. The maximum atomic E-state index is 12.1. The van der Waals surface area contributed by atoms with Crippen molar-refractivity contribution in [1.82, 2.24) is 15.0 Å². The number of rotatable bonds is 4. The van der Waals surface area contributed by atoms with Gasteiger partial charge in [0, 0.05) is 10.6 Å². The van der Waals surface area contributed by atoms with Crippen LogP contribution in [0.3, 0.4) is 0 Å². The Hall–Kier alpha value is -3.23. The van der Waals surface area contributed by atoms with Gasteiger partial charge in [0.15, 0.2) is 4.77 Å². The second-order valence-corrected chi connectivity index (χ2v) is 6.20. The quantitative estimate of drug-likeness (QED) is 0.356. The number of amides is 1. The molecule has 27 heavy (non-hydrogen) atoms. The highest BCUT2D eigenvalue weighted by Crippen LogP contribution is 2.20. The normalized spacial score (nSPS) is 10.9. The minimum Gasteiger partial charge on any atom is -0.494 e. The zero-order chi connectivity index (χ0) is 19.4. The van der Waals surface area contributed by atoms with Crippen LogP contribution in [0, 0.1) is 4.77 Å². The van der Waals surface area contributed by atoms with Crippen LogP contribution in [0.25, 0.3) is 5.69 Å². The van der Waals surface area contributed by atoms with Crippen LogP contribution >= 0.6 is 23.8 Å². The van der Waals surface area contributed by atoms with E-state index in [2.05, 4.69) is 15.5 Å². The Kier molecular flexibility index (Phi) is 5.49. The molecule has 2 aromatic carbocycles. The Bertz CT molecular complexity index is 1120. The average Bonchev–Trinajstić information content (AvgIpc) is 2.66. The summed E-state index contributed by atoms with van der Waals surface area (Å²) in [5.41, 5.74) is 2.41. The summed E-state index contributed by atoms with van der Waals surface area (Å²) in [5, 5.41) is 14.8. The largest absolute Gasteiger partial charge is 0.494 e. The number of carbonyl (C=O) groups is 1. The van der Waals surface area contributed by atoms with E-state index < -0.39 is 17.3 Å². The first-order chi connectivity index (χ1) is 13.0. The number of benzene rings is 2. The van der Waals surface area contributed by atoms with Crippen LogP contribution in [0.4, 0.5) is 0 Å². The molecule has 9 heteroatoms. The van der Waals surface area contributed by atoms with E-state index in [0.717, 1.165) is 6.21 Å². The summed E-state index contributed by atoms with van der Waals surface area (Å²) >= 11 is 11.0. The van der Waals surface area contributed by atoms with Gasteiger partial charge in [-0.1, -0.05) is 29.8 Å². The van der Waals surface area contributed by atoms with Crippen LogP contribution < -0.4 is 11.0 Å². The Morgan fingerprint density at radius 1 is 1.19 bits per heavy atom. The van der Waals surface area contributed by atoms with E-state index in [9.17, 15) is 14.7 Å². The van der Waals surface area contributed by atoms with Crippen molar-refractivity contribution in [2.75, 3.05) is 0 Å². The lowest BCUT2D eigenvalue weighted by Gasteiger charge is -2.11. The van der Waals surface area contributed by atoms with E-state index in [1.807, 2.05) is 0 Å². The summed E-state index contributed by atoms with van der Waals surface area (Å²) in [5.74, 6) is -0.864. The third-order valence-electron chi connectivity index (χ3n) is 3.60. The third-order valence-corrected chi connectivity index (χ3v) is 4.14.